The Bertz CT molecular complexity index is 1280. The van der Waals surface area contributed by atoms with Crippen molar-refractivity contribution in [3.8, 4) is 0 Å². The molecule has 0 fully saturated rings. The van der Waals surface area contributed by atoms with E-state index in [-0.39, 0.29) is 38.6 Å². The topological polar surface area (TPSA) is 111 Å². The van der Waals surface area contributed by atoms with Crippen LogP contribution in [0.2, 0.25) is 0 Å². The van der Waals surface area contributed by atoms with Gasteiger partial charge in [0.1, 0.15) is 13.2 Å². The molecule has 0 heterocycles. The van der Waals surface area contributed by atoms with Crippen LogP contribution in [0.25, 0.3) is 0 Å². The second-order valence-electron chi connectivity index (χ2n) is 18.1. The lowest BCUT2D eigenvalue weighted by Gasteiger charge is -2.26. The summed E-state index contributed by atoms with van der Waals surface area (Å²) in [4.78, 5) is 36.8. The minimum Gasteiger partial charge on any atom is -0.545 e. The fourth-order valence-corrected chi connectivity index (χ4v) is 6.77. The highest BCUT2D eigenvalue weighted by molar-refractivity contribution is 5.70. The first-order valence-corrected chi connectivity index (χ1v) is 25.6. The number of quaternary nitrogens is 1. The largest absolute Gasteiger partial charge is 0.545 e. The predicted molar refractivity (Wildman–Crippen MR) is 265 cm³/mol. The van der Waals surface area contributed by atoms with Crippen molar-refractivity contribution in [1.82, 2.24) is 0 Å². The number of likely N-dealkylation sites (N-methyl/N-ethyl adjacent to an activating group) is 1. The lowest BCUT2D eigenvalue weighted by atomic mass is 10.0. The van der Waals surface area contributed by atoms with Crippen molar-refractivity contribution >= 4 is 17.9 Å². The third kappa shape index (κ3) is 46.7. The number of esters is 2. The van der Waals surface area contributed by atoms with E-state index in [0.29, 0.717) is 17.4 Å². The molecule has 0 aromatic heterocycles. The number of carbonyl (C=O) groups excluding carboxylic acids is 3. The van der Waals surface area contributed by atoms with Crippen LogP contribution in [-0.4, -0.2) is 82.3 Å². The Morgan fingerprint density at radius 1 is 0.484 bits per heavy atom. The van der Waals surface area contributed by atoms with Gasteiger partial charge in [0.25, 0.3) is 0 Å². The van der Waals surface area contributed by atoms with E-state index in [2.05, 4.69) is 86.8 Å². The van der Waals surface area contributed by atoms with E-state index in [9.17, 15) is 19.5 Å². The van der Waals surface area contributed by atoms with Gasteiger partial charge in [-0.15, -0.1) is 0 Å². The van der Waals surface area contributed by atoms with Crippen molar-refractivity contribution in [3.63, 3.8) is 0 Å². The number of nitrogens with zero attached hydrogens (tertiary/aromatic N) is 1. The van der Waals surface area contributed by atoms with E-state index < -0.39 is 24.3 Å². The van der Waals surface area contributed by atoms with Crippen molar-refractivity contribution in [3.05, 3.63) is 72.9 Å². The average molecular weight is 898 g/mol. The summed E-state index contributed by atoms with van der Waals surface area (Å²) < 4.78 is 22.5. The van der Waals surface area contributed by atoms with Crippen LogP contribution in [0.5, 0.6) is 0 Å². The van der Waals surface area contributed by atoms with Gasteiger partial charge in [0, 0.05) is 12.8 Å². The van der Waals surface area contributed by atoms with Crippen molar-refractivity contribution in [1.29, 1.82) is 0 Å². The zero-order valence-electron chi connectivity index (χ0n) is 41.6. The SMILES string of the molecule is CC/C=C\C/C=C\C/C=C\C/C=C\C/C=C\C/C=C\CCCCCCCCCCCCCCCCC(=O)OC(COC(=O)CCCCCCCC)COC(OCC[N+](C)(C)C)C(=O)[O-]. The molecule has 0 saturated carbocycles. The third-order valence-corrected chi connectivity index (χ3v) is 10.7. The smallest absolute Gasteiger partial charge is 0.306 e. The zero-order valence-corrected chi connectivity index (χ0v) is 41.6. The number of aliphatic carboxylic acids is 1. The summed E-state index contributed by atoms with van der Waals surface area (Å²) in [5, 5.41) is 11.7. The number of hydrogen-bond donors (Lipinski definition) is 0. The van der Waals surface area contributed by atoms with Crippen LogP contribution in [0.15, 0.2) is 72.9 Å². The fraction of sp³-hybridized carbons (Fsp3) is 0.727. The van der Waals surface area contributed by atoms with Crippen LogP contribution in [0.1, 0.15) is 200 Å². The summed E-state index contributed by atoms with van der Waals surface area (Å²) in [6, 6.07) is 0. The fourth-order valence-electron chi connectivity index (χ4n) is 6.77. The summed E-state index contributed by atoms with van der Waals surface area (Å²) in [6.45, 7) is 4.55. The highest BCUT2D eigenvalue weighted by Gasteiger charge is 2.21. The quantitative estimate of drug-likeness (QED) is 0.0195. The Morgan fingerprint density at radius 2 is 0.891 bits per heavy atom. The number of hydrogen-bond acceptors (Lipinski definition) is 8. The van der Waals surface area contributed by atoms with Crippen molar-refractivity contribution in [2.45, 2.75) is 212 Å². The van der Waals surface area contributed by atoms with Crippen LogP contribution in [-0.2, 0) is 33.3 Å². The average Bonchev–Trinajstić information content (AvgIpc) is 3.26. The second-order valence-corrected chi connectivity index (χ2v) is 18.1. The summed E-state index contributed by atoms with van der Waals surface area (Å²) in [6.07, 6.45) is 55.6. The van der Waals surface area contributed by atoms with E-state index in [1.54, 1.807) is 0 Å². The highest BCUT2D eigenvalue weighted by Crippen LogP contribution is 2.15. The van der Waals surface area contributed by atoms with Gasteiger partial charge >= 0.3 is 11.9 Å². The maximum absolute atomic E-state index is 12.7. The van der Waals surface area contributed by atoms with Gasteiger partial charge in [0.2, 0.25) is 0 Å². The first-order valence-electron chi connectivity index (χ1n) is 25.6. The van der Waals surface area contributed by atoms with Gasteiger partial charge in [0.05, 0.1) is 40.3 Å². The molecule has 9 nitrogen and oxygen atoms in total. The second kappa shape index (κ2) is 46.3. The number of carboxylic acids is 1. The van der Waals surface area contributed by atoms with Crippen molar-refractivity contribution in [2.24, 2.45) is 0 Å². The summed E-state index contributed by atoms with van der Waals surface area (Å²) >= 11 is 0. The molecule has 0 rings (SSSR count). The van der Waals surface area contributed by atoms with Gasteiger partial charge in [-0.1, -0.05) is 196 Å². The molecule has 0 spiro atoms. The lowest BCUT2D eigenvalue weighted by molar-refractivity contribution is -0.870. The first-order chi connectivity index (χ1) is 31.1. The molecule has 0 aliphatic heterocycles. The van der Waals surface area contributed by atoms with Crippen molar-refractivity contribution < 1.29 is 42.9 Å². The van der Waals surface area contributed by atoms with Gasteiger partial charge in [0.15, 0.2) is 12.4 Å². The zero-order chi connectivity index (χ0) is 47.0. The number of rotatable bonds is 46. The Hall–Kier alpha value is -3.27. The van der Waals surface area contributed by atoms with Crippen molar-refractivity contribution in [2.75, 3.05) is 47.5 Å². The highest BCUT2D eigenvalue weighted by atomic mass is 16.7. The molecule has 2 atom stereocenters. The molecule has 0 N–H and O–H groups in total. The number of unbranched alkanes of at least 4 members (excludes halogenated alkanes) is 19. The molecule has 368 valence electrons. The van der Waals surface area contributed by atoms with Gasteiger partial charge in [-0.2, -0.15) is 0 Å². The summed E-state index contributed by atoms with van der Waals surface area (Å²) in [7, 11) is 5.90. The van der Waals surface area contributed by atoms with E-state index in [0.717, 1.165) is 83.5 Å². The van der Waals surface area contributed by atoms with E-state index in [1.807, 2.05) is 21.1 Å². The number of allylic oxidation sites excluding steroid dienone is 12. The summed E-state index contributed by atoms with van der Waals surface area (Å²) in [5.41, 5.74) is 0. The maximum Gasteiger partial charge on any atom is 0.306 e. The molecule has 0 radical (unpaired) electrons. The van der Waals surface area contributed by atoms with E-state index in [4.69, 9.17) is 18.9 Å². The van der Waals surface area contributed by atoms with Crippen LogP contribution >= 0.6 is 0 Å². The van der Waals surface area contributed by atoms with E-state index in [1.165, 1.54) is 83.5 Å². The molecule has 0 bridgehead atoms. The molecule has 9 heteroatoms. The number of carboxylic acid groups (broad SMARTS) is 1. The van der Waals surface area contributed by atoms with Gasteiger partial charge in [-0.3, -0.25) is 9.59 Å². The lowest BCUT2D eigenvalue weighted by Crippen LogP contribution is -2.44. The number of carbonyl (C=O) groups is 3. The Balaban J connectivity index is 4.02. The molecule has 64 heavy (non-hydrogen) atoms. The maximum atomic E-state index is 12.7. The molecule has 2 unspecified atom stereocenters. The number of ether oxygens (including phenoxy) is 4. The predicted octanol–water partition coefficient (Wildman–Crippen LogP) is 12.9. The molecule has 0 amide bonds. The monoisotopic (exact) mass is 898 g/mol. The normalized spacial score (nSPS) is 13.5. The molecule has 0 aromatic carbocycles. The van der Waals surface area contributed by atoms with E-state index >= 15 is 0 Å². The van der Waals surface area contributed by atoms with Crippen LogP contribution < -0.4 is 5.11 Å². The molecular weight excluding hydrogens is 803 g/mol. The Morgan fingerprint density at radius 3 is 1.33 bits per heavy atom. The van der Waals surface area contributed by atoms with Crippen LogP contribution in [0, 0.1) is 0 Å². The first kappa shape index (κ1) is 60.7. The molecule has 0 aliphatic rings. The standard InChI is InChI=1S/C55H95NO8/c1-6-8-10-12-14-15-16-17-18-19-20-21-22-23-24-25-26-27-28-29-30-31-32-33-34-35-36-37-38-39-40-42-44-46-53(58)64-51(49-62-52(57)45-43-41-13-11-9-7-2)50-63-55(54(59)60)61-48-47-56(3,4)5/h8,10,14-15,17-18,20-21,23-24,26-27,51,55H,6-7,9,11-13,16,19,22,25,28-50H2,1-5H3/b10-8-,15-14-,18-17-,21-20-,24-23-,27-26-. The molecule has 0 aromatic rings. The Labute approximate surface area is 392 Å². The minimum atomic E-state index is -1.62. The van der Waals surface area contributed by atoms with Gasteiger partial charge in [-0.25, -0.2) is 0 Å². The Kier molecular flexibility index (Phi) is 43.9. The van der Waals surface area contributed by atoms with Gasteiger partial charge in [-0.05, 0) is 64.2 Å². The van der Waals surface area contributed by atoms with Crippen LogP contribution in [0.4, 0.5) is 0 Å². The molecular formula is C55H95NO8. The third-order valence-electron chi connectivity index (χ3n) is 10.7. The molecule has 0 saturated heterocycles. The van der Waals surface area contributed by atoms with Gasteiger partial charge < -0.3 is 33.3 Å². The molecule has 0 aliphatic carbocycles. The van der Waals surface area contributed by atoms with Crippen LogP contribution in [0.3, 0.4) is 0 Å². The minimum absolute atomic E-state index is 0.146. The summed E-state index contributed by atoms with van der Waals surface area (Å²) in [5.74, 6) is -2.30.